The lowest BCUT2D eigenvalue weighted by Gasteiger charge is -2.07. The Morgan fingerprint density at radius 3 is 3.05 bits per heavy atom. The van der Waals surface area contributed by atoms with Gasteiger partial charge in [0.2, 0.25) is 0 Å². The number of rotatable bonds is 6. The van der Waals surface area contributed by atoms with Gasteiger partial charge in [0, 0.05) is 36.3 Å². The molecule has 0 aliphatic rings. The van der Waals surface area contributed by atoms with Crippen LogP contribution in [0, 0.1) is 0 Å². The summed E-state index contributed by atoms with van der Waals surface area (Å²) in [7, 11) is 1.85. The van der Waals surface area contributed by atoms with Gasteiger partial charge in [0.25, 0.3) is 5.56 Å². The largest absolute Gasteiger partial charge is 0.373 e. The summed E-state index contributed by atoms with van der Waals surface area (Å²) in [5.41, 5.74) is 1.84. The molecule has 0 bridgehead atoms. The minimum absolute atomic E-state index is 0.0917. The molecule has 2 aromatic heterocycles. The number of aromatic amines is 1. The van der Waals surface area contributed by atoms with E-state index in [1.54, 1.807) is 12.3 Å². The minimum Gasteiger partial charge on any atom is -0.373 e. The van der Waals surface area contributed by atoms with Crippen molar-refractivity contribution in [2.75, 3.05) is 12.4 Å². The first-order valence-corrected chi connectivity index (χ1v) is 7.56. The maximum Gasteiger partial charge on any atom is 0.251 e. The first-order valence-electron chi connectivity index (χ1n) is 6.57. The number of aromatic nitrogens is 3. The van der Waals surface area contributed by atoms with Gasteiger partial charge in [0.15, 0.2) is 5.16 Å². The van der Waals surface area contributed by atoms with Crippen LogP contribution in [-0.4, -0.2) is 22.0 Å². The molecule has 0 saturated carbocycles. The van der Waals surface area contributed by atoms with Crippen molar-refractivity contribution in [1.29, 1.82) is 0 Å². The van der Waals surface area contributed by atoms with Crippen LogP contribution in [0.4, 0.5) is 5.82 Å². The van der Waals surface area contributed by atoms with Gasteiger partial charge in [-0.1, -0.05) is 31.2 Å². The fourth-order valence-electron chi connectivity index (χ4n) is 1.86. The topological polar surface area (TPSA) is 70.7 Å². The standard InChI is InChI=1S/C14H18N4OS/c1-3-5-11-8-12(19)18-14(17-11)20-9-10-6-4-7-16-13(10)15-2/h4,6-8H,3,5,9H2,1-2H3,(H,15,16)(H,17,18,19). The van der Waals surface area contributed by atoms with Crippen LogP contribution in [0.25, 0.3) is 0 Å². The van der Waals surface area contributed by atoms with Gasteiger partial charge in [0.1, 0.15) is 5.82 Å². The Balaban J connectivity index is 2.12. The molecule has 0 aliphatic heterocycles. The fraction of sp³-hybridized carbons (Fsp3) is 0.357. The lowest BCUT2D eigenvalue weighted by atomic mass is 10.2. The fourth-order valence-corrected chi connectivity index (χ4v) is 2.74. The Hall–Kier alpha value is -1.82. The van der Waals surface area contributed by atoms with Crippen LogP contribution >= 0.6 is 11.8 Å². The summed E-state index contributed by atoms with van der Waals surface area (Å²) in [4.78, 5) is 23.1. The van der Waals surface area contributed by atoms with Gasteiger partial charge in [-0.3, -0.25) is 4.79 Å². The summed E-state index contributed by atoms with van der Waals surface area (Å²) in [6, 6.07) is 5.48. The van der Waals surface area contributed by atoms with Crippen molar-refractivity contribution in [2.45, 2.75) is 30.7 Å². The average molecular weight is 290 g/mol. The molecular weight excluding hydrogens is 272 g/mol. The molecule has 2 rings (SSSR count). The highest BCUT2D eigenvalue weighted by Gasteiger charge is 2.05. The van der Waals surface area contributed by atoms with Crippen LogP contribution in [0.1, 0.15) is 24.6 Å². The summed E-state index contributed by atoms with van der Waals surface area (Å²) in [5.74, 6) is 1.56. The van der Waals surface area contributed by atoms with Gasteiger partial charge >= 0.3 is 0 Å². The molecule has 0 aliphatic carbocycles. The third-order valence-corrected chi connectivity index (χ3v) is 3.69. The van der Waals surface area contributed by atoms with E-state index in [1.165, 1.54) is 11.8 Å². The van der Waals surface area contributed by atoms with E-state index in [2.05, 4.69) is 27.2 Å². The second kappa shape index (κ2) is 7.09. The normalized spacial score (nSPS) is 10.5. The summed E-state index contributed by atoms with van der Waals surface area (Å²) in [6.45, 7) is 2.07. The highest BCUT2D eigenvalue weighted by molar-refractivity contribution is 7.98. The molecule has 0 fully saturated rings. The van der Waals surface area contributed by atoms with E-state index in [0.29, 0.717) is 10.9 Å². The van der Waals surface area contributed by atoms with Crippen molar-refractivity contribution in [3.63, 3.8) is 0 Å². The second-order valence-corrected chi connectivity index (χ2v) is 5.31. The van der Waals surface area contributed by atoms with E-state index in [0.717, 1.165) is 29.9 Å². The number of aryl methyl sites for hydroxylation is 1. The third-order valence-electron chi connectivity index (χ3n) is 2.77. The van der Waals surface area contributed by atoms with Crippen LogP contribution in [-0.2, 0) is 12.2 Å². The Labute approximate surface area is 122 Å². The SMILES string of the molecule is CCCc1cc(=O)[nH]c(SCc2cccnc2NC)n1. The van der Waals surface area contributed by atoms with Crippen molar-refractivity contribution in [3.8, 4) is 0 Å². The van der Waals surface area contributed by atoms with E-state index in [1.807, 2.05) is 19.2 Å². The number of nitrogens with zero attached hydrogens (tertiary/aromatic N) is 2. The maximum absolute atomic E-state index is 11.6. The molecule has 0 amide bonds. The lowest BCUT2D eigenvalue weighted by molar-refractivity contribution is 0.816. The van der Waals surface area contributed by atoms with E-state index in [-0.39, 0.29) is 5.56 Å². The molecule has 6 heteroatoms. The summed E-state index contributed by atoms with van der Waals surface area (Å²) >= 11 is 1.51. The molecule has 0 spiro atoms. The Morgan fingerprint density at radius 2 is 2.30 bits per heavy atom. The van der Waals surface area contributed by atoms with Gasteiger partial charge in [-0.25, -0.2) is 9.97 Å². The number of thioether (sulfide) groups is 1. The van der Waals surface area contributed by atoms with Crippen LogP contribution < -0.4 is 10.9 Å². The van der Waals surface area contributed by atoms with Crippen LogP contribution in [0.5, 0.6) is 0 Å². The van der Waals surface area contributed by atoms with Crippen LogP contribution in [0.2, 0.25) is 0 Å². The highest BCUT2D eigenvalue weighted by Crippen LogP contribution is 2.22. The van der Waals surface area contributed by atoms with Gasteiger partial charge in [-0.15, -0.1) is 0 Å². The molecular formula is C14H18N4OS. The monoisotopic (exact) mass is 290 g/mol. The van der Waals surface area contributed by atoms with Crippen LogP contribution in [0.15, 0.2) is 34.3 Å². The molecule has 5 nitrogen and oxygen atoms in total. The average Bonchev–Trinajstić information content (AvgIpc) is 2.45. The minimum atomic E-state index is -0.0917. The van der Waals surface area contributed by atoms with Crippen LogP contribution in [0.3, 0.4) is 0 Å². The zero-order valence-corrected chi connectivity index (χ0v) is 12.5. The van der Waals surface area contributed by atoms with Crippen molar-refractivity contribution in [1.82, 2.24) is 15.0 Å². The molecule has 2 aromatic rings. The number of hydrogen-bond acceptors (Lipinski definition) is 5. The van der Waals surface area contributed by atoms with Gasteiger partial charge in [-0.05, 0) is 12.5 Å². The summed E-state index contributed by atoms with van der Waals surface area (Å²) in [5, 5.41) is 3.72. The molecule has 106 valence electrons. The predicted molar refractivity (Wildman–Crippen MR) is 82.2 cm³/mol. The van der Waals surface area contributed by atoms with Crippen molar-refractivity contribution < 1.29 is 0 Å². The summed E-state index contributed by atoms with van der Waals surface area (Å²) < 4.78 is 0. The third kappa shape index (κ3) is 3.84. The van der Waals surface area contributed by atoms with Gasteiger partial charge in [0.05, 0.1) is 0 Å². The molecule has 2 heterocycles. The first kappa shape index (κ1) is 14.6. The number of pyridine rings is 1. The van der Waals surface area contributed by atoms with E-state index >= 15 is 0 Å². The molecule has 0 aromatic carbocycles. The lowest BCUT2D eigenvalue weighted by Crippen LogP contribution is -2.10. The van der Waals surface area contributed by atoms with E-state index in [9.17, 15) is 4.79 Å². The molecule has 2 N–H and O–H groups in total. The molecule has 0 unspecified atom stereocenters. The molecule has 0 saturated heterocycles. The molecule has 20 heavy (non-hydrogen) atoms. The maximum atomic E-state index is 11.6. The number of anilines is 1. The molecule has 0 radical (unpaired) electrons. The quantitative estimate of drug-likeness (QED) is 0.631. The number of hydrogen-bond donors (Lipinski definition) is 2. The van der Waals surface area contributed by atoms with Crippen molar-refractivity contribution in [3.05, 3.63) is 46.0 Å². The number of H-pyrrole nitrogens is 1. The zero-order valence-electron chi connectivity index (χ0n) is 11.6. The van der Waals surface area contributed by atoms with Gasteiger partial charge < -0.3 is 10.3 Å². The van der Waals surface area contributed by atoms with E-state index < -0.39 is 0 Å². The highest BCUT2D eigenvalue weighted by atomic mass is 32.2. The van der Waals surface area contributed by atoms with Gasteiger partial charge in [-0.2, -0.15) is 0 Å². The Bertz CT molecular complexity index is 627. The van der Waals surface area contributed by atoms with E-state index in [4.69, 9.17) is 0 Å². The Morgan fingerprint density at radius 1 is 1.45 bits per heavy atom. The zero-order chi connectivity index (χ0) is 14.4. The smallest absolute Gasteiger partial charge is 0.251 e. The second-order valence-electron chi connectivity index (χ2n) is 4.34. The molecule has 0 atom stereocenters. The number of nitrogens with one attached hydrogen (secondary N) is 2. The summed E-state index contributed by atoms with van der Waals surface area (Å²) in [6.07, 6.45) is 3.56. The predicted octanol–water partition coefficient (Wildman–Crippen LogP) is 2.45. The van der Waals surface area contributed by atoms with Crippen molar-refractivity contribution >= 4 is 17.6 Å². The Kier molecular flexibility index (Phi) is 5.17. The van der Waals surface area contributed by atoms with Crippen molar-refractivity contribution in [2.24, 2.45) is 0 Å². The first-order chi connectivity index (χ1) is 9.72.